The number of piperazine rings is 1. The molecule has 0 amide bonds. The molecule has 3 heterocycles. The highest BCUT2D eigenvalue weighted by atomic mass is 15.3. The van der Waals surface area contributed by atoms with Crippen molar-refractivity contribution in [2.45, 2.75) is 70.9 Å². The highest BCUT2D eigenvalue weighted by Gasteiger charge is 2.44. The molecule has 3 aliphatic heterocycles. The largest absolute Gasteiger partial charge is 0.317 e. The monoisotopic (exact) mass is 362 g/mol. The van der Waals surface area contributed by atoms with Crippen LogP contribution in [0.5, 0.6) is 0 Å². The number of likely N-dealkylation sites (tertiary alicyclic amines) is 1. The molecular formula is C22H42N4. The van der Waals surface area contributed by atoms with Gasteiger partial charge in [0.15, 0.2) is 0 Å². The summed E-state index contributed by atoms with van der Waals surface area (Å²) in [6, 6.07) is 0.852. The third kappa shape index (κ3) is 4.29. The standard InChI is InChI=1S/C22H42N4/c1-21(2,3)26-14-12-25(13-15-26)20-4-10-24(11-5-20)18-19-16-22(17-19)6-8-23-9-7-22/h19-20,23H,4-18H2,1-3H3. The zero-order valence-corrected chi connectivity index (χ0v) is 17.6. The van der Waals surface area contributed by atoms with E-state index in [0.29, 0.717) is 5.54 Å². The Morgan fingerprint density at radius 1 is 0.885 bits per heavy atom. The van der Waals surface area contributed by atoms with Crippen molar-refractivity contribution in [1.82, 2.24) is 20.0 Å². The van der Waals surface area contributed by atoms with Gasteiger partial charge >= 0.3 is 0 Å². The van der Waals surface area contributed by atoms with Crippen LogP contribution in [0.2, 0.25) is 0 Å². The number of hydrogen-bond donors (Lipinski definition) is 1. The van der Waals surface area contributed by atoms with Crippen molar-refractivity contribution in [3.8, 4) is 0 Å². The summed E-state index contributed by atoms with van der Waals surface area (Å²) in [5.41, 5.74) is 1.09. The van der Waals surface area contributed by atoms with E-state index in [2.05, 4.69) is 40.8 Å². The van der Waals surface area contributed by atoms with Gasteiger partial charge in [-0.1, -0.05) is 0 Å². The van der Waals surface area contributed by atoms with E-state index >= 15 is 0 Å². The Balaban J connectivity index is 1.15. The molecule has 0 aromatic rings. The molecule has 0 atom stereocenters. The number of rotatable bonds is 3. The van der Waals surface area contributed by atoms with Gasteiger partial charge in [-0.25, -0.2) is 0 Å². The Bertz CT molecular complexity index is 441. The smallest absolute Gasteiger partial charge is 0.0126 e. The maximum atomic E-state index is 3.53. The van der Waals surface area contributed by atoms with Crippen LogP contribution >= 0.6 is 0 Å². The van der Waals surface area contributed by atoms with Gasteiger partial charge in [0.2, 0.25) is 0 Å². The fraction of sp³-hybridized carbons (Fsp3) is 1.00. The molecule has 1 saturated carbocycles. The molecule has 3 saturated heterocycles. The van der Waals surface area contributed by atoms with Gasteiger partial charge < -0.3 is 10.2 Å². The Morgan fingerprint density at radius 3 is 2.08 bits per heavy atom. The minimum absolute atomic E-state index is 0.337. The van der Waals surface area contributed by atoms with E-state index in [1.165, 1.54) is 97.4 Å². The highest BCUT2D eigenvalue weighted by molar-refractivity contribution is 4.97. The van der Waals surface area contributed by atoms with Crippen LogP contribution in [0.25, 0.3) is 0 Å². The quantitative estimate of drug-likeness (QED) is 0.833. The lowest BCUT2D eigenvalue weighted by Crippen LogP contribution is -2.57. The average molecular weight is 363 g/mol. The summed E-state index contributed by atoms with van der Waals surface area (Å²) in [6.45, 7) is 18.7. The van der Waals surface area contributed by atoms with Crippen molar-refractivity contribution < 1.29 is 0 Å². The van der Waals surface area contributed by atoms with E-state index in [0.717, 1.165) is 17.4 Å². The van der Waals surface area contributed by atoms with Crippen molar-refractivity contribution in [3.63, 3.8) is 0 Å². The zero-order valence-electron chi connectivity index (χ0n) is 17.6. The van der Waals surface area contributed by atoms with Gasteiger partial charge in [0, 0.05) is 44.3 Å². The van der Waals surface area contributed by atoms with E-state index in [9.17, 15) is 0 Å². The summed E-state index contributed by atoms with van der Waals surface area (Å²) < 4.78 is 0. The molecule has 4 fully saturated rings. The lowest BCUT2D eigenvalue weighted by atomic mass is 9.57. The predicted molar refractivity (Wildman–Crippen MR) is 110 cm³/mol. The number of piperidine rings is 2. The SMILES string of the molecule is CC(C)(C)N1CCN(C2CCN(CC3CC4(CCNCC4)C3)CC2)CC1. The molecule has 1 spiro atoms. The molecule has 4 nitrogen and oxygen atoms in total. The summed E-state index contributed by atoms with van der Waals surface area (Å²) in [5, 5.41) is 3.53. The topological polar surface area (TPSA) is 21.8 Å². The summed E-state index contributed by atoms with van der Waals surface area (Å²) in [5.74, 6) is 1.000. The molecule has 1 aliphatic carbocycles. The minimum atomic E-state index is 0.337. The van der Waals surface area contributed by atoms with Crippen LogP contribution in [0.3, 0.4) is 0 Å². The Hall–Kier alpha value is -0.160. The Labute approximate surface area is 161 Å². The first-order valence-corrected chi connectivity index (χ1v) is 11.4. The van der Waals surface area contributed by atoms with E-state index in [1.54, 1.807) is 0 Å². The van der Waals surface area contributed by atoms with Crippen molar-refractivity contribution in [3.05, 3.63) is 0 Å². The normalized spacial score (nSPS) is 30.6. The van der Waals surface area contributed by atoms with Gasteiger partial charge in [-0.05, 0) is 96.8 Å². The van der Waals surface area contributed by atoms with E-state index in [1.807, 2.05) is 0 Å². The first-order chi connectivity index (χ1) is 12.4. The van der Waals surface area contributed by atoms with Crippen LogP contribution in [0.15, 0.2) is 0 Å². The average Bonchev–Trinajstić information content (AvgIpc) is 2.61. The Kier molecular flexibility index (Phi) is 5.67. The molecule has 4 aliphatic rings. The number of hydrogen-bond acceptors (Lipinski definition) is 4. The number of nitrogens with one attached hydrogen (secondary N) is 1. The van der Waals surface area contributed by atoms with Gasteiger partial charge in [-0.15, -0.1) is 0 Å². The van der Waals surface area contributed by atoms with Gasteiger partial charge in [-0.3, -0.25) is 9.80 Å². The molecule has 26 heavy (non-hydrogen) atoms. The highest BCUT2D eigenvalue weighted by Crippen LogP contribution is 2.51. The molecule has 150 valence electrons. The van der Waals surface area contributed by atoms with Crippen molar-refractivity contribution >= 4 is 0 Å². The Morgan fingerprint density at radius 2 is 1.50 bits per heavy atom. The molecule has 0 radical (unpaired) electrons. The third-order valence-corrected chi connectivity index (χ3v) is 7.96. The molecular weight excluding hydrogens is 320 g/mol. The van der Waals surface area contributed by atoms with Crippen LogP contribution in [0.4, 0.5) is 0 Å². The van der Waals surface area contributed by atoms with Crippen LogP contribution < -0.4 is 5.32 Å². The molecule has 0 unspecified atom stereocenters. The van der Waals surface area contributed by atoms with Crippen molar-refractivity contribution in [1.29, 1.82) is 0 Å². The van der Waals surface area contributed by atoms with Crippen LogP contribution in [0, 0.1) is 11.3 Å². The molecule has 4 heteroatoms. The molecule has 4 rings (SSSR count). The van der Waals surface area contributed by atoms with Crippen LogP contribution in [0.1, 0.15) is 59.3 Å². The van der Waals surface area contributed by atoms with Crippen molar-refractivity contribution in [2.24, 2.45) is 11.3 Å². The molecule has 1 N–H and O–H groups in total. The number of nitrogens with zero attached hydrogens (tertiary/aromatic N) is 3. The minimum Gasteiger partial charge on any atom is -0.317 e. The summed E-state index contributed by atoms with van der Waals surface area (Å²) in [4.78, 5) is 8.25. The second-order valence-electron chi connectivity index (χ2n) is 10.7. The molecule has 0 aromatic heterocycles. The van der Waals surface area contributed by atoms with Crippen LogP contribution in [-0.2, 0) is 0 Å². The first kappa shape index (κ1) is 19.2. The fourth-order valence-electron chi connectivity index (χ4n) is 6.25. The van der Waals surface area contributed by atoms with Crippen LogP contribution in [-0.4, -0.2) is 85.2 Å². The van der Waals surface area contributed by atoms with Gasteiger partial charge in [-0.2, -0.15) is 0 Å². The third-order valence-electron chi connectivity index (χ3n) is 7.96. The summed E-state index contributed by atoms with van der Waals surface area (Å²) in [7, 11) is 0. The lowest BCUT2D eigenvalue weighted by molar-refractivity contribution is -0.0115. The fourth-order valence-corrected chi connectivity index (χ4v) is 6.25. The zero-order chi connectivity index (χ0) is 18.2. The van der Waals surface area contributed by atoms with Gasteiger partial charge in [0.25, 0.3) is 0 Å². The predicted octanol–water partition coefficient (Wildman–Crippen LogP) is 2.65. The lowest BCUT2D eigenvalue weighted by Gasteiger charge is -2.52. The summed E-state index contributed by atoms with van der Waals surface area (Å²) >= 11 is 0. The van der Waals surface area contributed by atoms with Gasteiger partial charge in [0.05, 0.1) is 0 Å². The van der Waals surface area contributed by atoms with E-state index < -0.39 is 0 Å². The second-order valence-corrected chi connectivity index (χ2v) is 10.7. The van der Waals surface area contributed by atoms with Crippen molar-refractivity contribution in [2.75, 3.05) is 58.9 Å². The summed E-state index contributed by atoms with van der Waals surface area (Å²) in [6.07, 6.45) is 8.71. The second kappa shape index (κ2) is 7.69. The first-order valence-electron chi connectivity index (χ1n) is 11.4. The van der Waals surface area contributed by atoms with E-state index in [-0.39, 0.29) is 0 Å². The molecule has 0 aromatic carbocycles. The molecule has 0 bridgehead atoms. The maximum Gasteiger partial charge on any atom is 0.0126 e. The van der Waals surface area contributed by atoms with Gasteiger partial charge in [0.1, 0.15) is 0 Å². The van der Waals surface area contributed by atoms with E-state index in [4.69, 9.17) is 0 Å². The maximum absolute atomic E-state index is 3.53.